The van der Waals surface area contributed by atoms with E-state index in [1.54, 1.807) is 4.90 Å². The Kier molecular flexibility index (Phi) is 4.50. The van der Waals surface area contributed by atoms with E-state index in [1.807, 2.05) is 55.1 Å². The average Bonchev–Trinajstić information content (AvgIpc) is 3.49. The maximum Gasteiger partial charge on any atom is 0.242 e. The molecule has 0 atom stereocenters. The van der Waals surface area contributed by atoms with E-state index < -0.39 is 5.41 Å². The molecule has 0 radical (unpaired) electrons. The van der Waals surface area contributed by atoms with Gasteiger partial charge in [-0.2, -0.15) is 0 Å². The Morgan fingerprint density at radius 3 is 2.48 bits per heavy atom. The zero-order valence-corrected chi connectivity index (χ0v) is 16.1. The number of aryl methyl sites for hydroxylation is 1. The van der Waals surface area contributed by atoms with Crippen LogP contribution >= 0.6 is 0 Å². The van der Waals surface area contributed by atoms with E-state index in [9.17, 15) is 9.59 Å². The number of anilines is 1. The molecule has 0 spiro atoms. The van der Waals surface area contributed by atoms with Gasteiger partial charge in [-0.1, -0.05) is 36.4 Å². The number of nitrogens with zero attached hydrogens (tertiary/aromatic N) is 2. The first-order valence-corrected chi connectivity index (χ1v) is 9.80. The highest BCUT2D eigenvalue weighted by Crippen LogP contribution is 2.50. The van der Waals surface area contributed by atoms with E-state index >= 15 is 0 Å². The second-order valence-electron chi connectivity index (χ2n) is 7.72. The predicted octanol–water partition coefficient (Wildman–Crippen LogP) is 3.71. The van der Waals surface area contributed by atoms with Gasteiger partial charge in [0.25, 0.3) is 0 Å². The van der Waals surface area contributed by atoms with Crippen LogP contribution in [-0.4, -0.2) is 29.8 Å². The van der Waals surface area contributed by atoms with Crippen LogP contribution in [0.25, 0.3) is 0 Å². The summed E-state index contributed by atoms with van der Waals surface area (Å²) in [5, 5.41) is 0. The summed E-state index contributed by atoms with van der Waals surface area (Å²) in [6, 6.07) is 16.2. The van der Waals surface area contributed by atoms with Crippen molar-refractivity contribution in [3.8, 4) is 0 Å². The monoisotopic (exact) mass is 362 g/mol. The molecule has 0 unspecified atom stereocenters. The van der Waals surface area contributed by atoms with Gasteiger partial charge in [-0.15, -0.1) is 0 Å². The summed E-state index contributed by atoms with van der Waals surface area (Å²) in [4.78, 5) is 30.4. The minimum Gasteiger partial charge on any atom is -0.337 e. The van der Waals surface area contributed by atoms with Crippen LogP contribution < -0.4 is 4.90 Å². The summed E-state index contributed by atoms with van der Waals surface area (Å²) in [6.07, 6.45) is 2.18. The second-order valence-corrected chi connectivity index (χ2v) is 7.72. The third-order valence-electron chi connectivity index (χ3n) is 5.86. The van der Waals surface area contributed by atoms with Crippen molar-refractivity contribution in [3.63, 3.8) is 0 Å². The fourth-order valence-electron chi connectivity index (χ4n) is 4.11. The zero-order valence-electron chi connectivity index (χ0n) is 16.1. The lowest BCUT2D eigenvalue weighted by molar-refractivity contribution is -0.143. The SMILES string of the molecule is CCN(C(=O)C1(C(=O)N2CCc3ccccc3C2)CC1)c1cccc(C)c1. The first-order valence-electron chi connectivity index (χ1n) is 9.80. The van der Waals surface area contributed by atoms with Gasteiger partial charge in [0.2, 0.25) is 11.8 Å². The number of hydrogen-bond donors (Lipinski definition) is 0. The minimum absolute atomic E-state index is 0.00751. The highest BCUT2D eigenvalue weighted by Gasteiger charge is 2.59. The Morgan fingerprint density at radius 1 is 1.07 bits per heavy atom. The van der Waals surface area contributed by atoms with Crippen molar-refractivity contribution in [1.82, 2.24) is 4.90 Å². The third kappa shape index (κ3) is 3.14. The van der Waals surface area contributed by atoms with Crippen molar-refractivity contribution >= 4 is 17.5 Å². The number of rotatable bonds is 4. The molecule has 4 heteroatoms. The van der Waals surface area contributed by atoms with Gasteiger partial charge in [0.15, 0.2) is 0 Å². The van der Waals surface area contributed by atoms with Crippen molar-refractivity contribution < 1.29 is 9.59 Å². The second kappa shape index (κ2) is 6.84. The topological polar surface area (TPSA) is 40.6 Å². The highest BCUT2D eigenvalue weighted by molar-refractivity contribution is 6.14. The average molecular weight is 362 g/mol. The Hall–Kier alpha value is -2.62. The Labute approximate surface area is 160 Å². The van der Waals surface area contributed by atoms with Crippen LogP contribution in [0, 0.1) is 12.3 Å². The first-order chi connectivity index (χ1) is 13.0. The number of carbonyl (C=O) groups is 2. The molecule has 27 heavy (non-hydrogen) atoms. The van der Waals surface area contributed by atoms with Crippen molar-refractivity contribution in [2.45, 2.75) is 39.7 Å². The summed E-state index contributed by atoms with van der Waals surface area (Å²) in [7, 11) is 0. The van der Waals surface area contributed by atoms with E-state index in [4.69, 9.17) is 0 Å². The van der Waals surface area contributed by atoms with E-state index in [0.29, 0.717) is 32.5 Å². The molecule has 2 amide bonds. The lowest BCUT2D eigenvalue weighted by Gasteiger charge is -2.33. The Balaban J connectivity index is 1.56. The van der Waals surface area contributed by atoms with Crippen LogP contribution in [0.3, 0.4) is 0 Å². The molecule has 140 valence electrons. The predicted molar refractivity (Wildman–Crippen MR) is 106 cm³/mol. The van der Waals surface area contributed by atoms with E-state index in [0.717, 1.165) is 17.7 Å². The van der Waals surface area contributed by atoms with Gasteiger partial charge in [0, 0.05) is 25.3 Å². The maximum atomic E-state index is 13.4. The fraction of sp³-hybridized carbons (Fsp3) is 0.391. The fourth-order valence-corrected chi connectivity index (χ4v) is 4.11. The number of amides is 2. The molecule has 4 nitrogen and oxygen atoms in total. The standard InChI is InChI=1S/C23H26N2O2/c1-3-25(20-10-6-7-17(2)15-20)22(27)23(12-13-23)21(26)24-14-11-18-8-4-5-9-19(18)16-24/h4-10,15H,3,11-14,16H2,1-2H3. The molecule has 0 N–H and O–H groups in total. The van der Waals surface area contributed by atoms with E-state index in [-0.39, 0.29) is 11.8 Å². The molecule has 0 bridgehead atoms. The van der Waals surface area contributed by atoms with Crippen molar-refractivity contribution in [1.29, 1.82) is 0 Å². The lowest BCUT2D eigenvalue weighted by atomic mass is 9.96. The minimum atomic E-state index is -0.855. The van der Waals surface area contributed by atoms with Gasteiger partial charge in [-0.05, 0) is 61.9 Å². The number of fused-ring (bicyclic) bond motifs is 1. The molecule has 1 saturated carbocycles. The molecule has 2 aromatic rings. The van der Waals surface area contributed by atoms with Crippen molar-refractivity contribution in [2.24, 2.45) is 5.41 Å². The Bertz CT molecular complexity index is 885. The lowest BCUT2D eigenvalue weighted by Crippen LogP contribution is -2.48. The van der Waals surface area contributed by atoms with E-state index in [2.05, 4.69) is 12.1 Å². The van der Waals surface area contributed by atoms with Gasteiger partial charge < -0.3 is 9.80 Å². The molecule has 1 aliphatic carbocycles. The molecule has 4 rings (SSSR count). The summed E-state index contributed by atoms with van der Waals surface area (Å²) < 4.78 is 0. The molecule has 1 aliphatic heterocycles. The summed E-state index contributed by atoms with van der Waals surface area (Å²) in [6.45, 7) is 5.87. The molecular weight excluding hydrogens is 336 g/mol. The van der Waals surface area contributed by atoms with Crippen LogP contribution in [0.5, 0.6) is 0 Å². The van der Waals surface area contributed by atoms with Gasteiger partial charge >= 0.3 is 0 Å². The smallest absolute Gasteiger partial charge is 0.242 e. The van der Waals surface area contributed by atoms with Gasteiger partial charge in [-0.3, -0.25) is 9.59 Å². The molecule has 2 aliphatic rings. The van der Waals surface area contributed by atoms with Crippen LogP contribution in [0.4, 0.5) is 5.69 Å². The van der Waals surface area contributed by atoms with Crippen LogP contribution in [0.15, 0.2) is 48.5 Å². The first kappa shape index (κ1) is 17.8. The number of benzene rings is 2. The van der Waals surface area contributed by atoms with Crippen LogP contribution in [0.1, 0.15) is 36.5 Å². The summed E-state index contributed by atoms with van der Waals surface area (Å²) >= 11 is 0. The summed E-state index contributed by atoms with van der Waals surface area (Å²) in [5.74, 6) is -0.0347. The quantitative estimate of drug-likeness (QED) is 0.778. The molecule has 0 saturated heterocycles. The Morgan fingerprint density at radius 2 is 1.81 bits per heavy atom. The molecule has 0 aromatic heterocycles. The molecule has 1 heterocycles. The maximum absolute atomic E-state index is 13.4. The molecule has 1 fully saturated rings. The van der Waals surface area contributed by atoms with Gasteiger partial charge in [-0.25, -0.2) is 0 Å². The summed E-state index contributed by atoms with van der Waals surface area (Å²) in [5.41, 5.74) is 3.65. The van der Waals surface area contributed by atoms with Gasteiger partial charge in [0.1, 0.15) is 5.41 Å². The highest BCUT2D eigenvalue weighted by atomic mass is 16.2. The molecular formula is C23H26N2O2. The largest absolute Gasteiger partial charge is 0.337 e. The third-order valence-corrected chi connectivity index (χ3v) is 5.86. The van der Waals surface area contributed by atoms with Gasteiger partial charge in [0.05, 0.1) is 0 Å². The zero-order chi connectivity index (χ0) is 19.0. The van der Waals surface area contributed by atoms with Crippen LogP contribution in [0.2, 0.25) is 0 Å². The molecule has 2 aromatic carbocycles. The normalized spacial score (nSPS) is 17.2. The van der Waals surface area contributed by atoms with Crippen LogP contribution in [-0.2, 0) is 22.6 Å². The number of hydrogen-bond acceptors (Lipinski definition) is 2. The number of carbonyl (C=O) groups excluding carboxylic acids is 2. The van der Waals surface area contributed by atoms with Crippen molar-refractivity contribution in [2.75, 3.05) is 18.0 Å². The van der Waals surface area contributed by atoms with Crippen molar-refractivity contribution in [3.05, 3.63) is 65.2 Å². The van der Waals surface area contributed by atoms with E-state index in [1.165, 1.54) is 11.1 Å².